The van der Waals surface area contributed by atoms with Gasteiger partial charge in [-0.15, -0.1) is 0 Å². The molecule has 0 amide bonds. The van der Waals surface area contributed by atoms with Crippen molar-refractivity contribution in [3.05, 3.63) is 30.5 Å². The molecule has 0 atom stereocenters. The summed E-state index contributed by atoms with van der Waals surface area (Å²) in [7, 11) is 0. The molecule has 0 aliphatic carbocycles. The van der Waals surface area contributed by atoms with Crippen molar-refractivity contribution >= 4 is 28.2 Å². The molecule has 0 unspecified atom stereocenters. The van der Waals surface area contributed by atoms with Gasteiger partial charge in [-0.1, -0.05) is 0 Å². The van der Waals surface area contributed by atoms with Crippen LogP contribution in [-0.4, -0.2) is 22.6 Å². The van der Waals surface area contributed by atoms with E-state index in [4.69, 9.17) is 10.8 Å². The molecule has 0 aliphatic rings. The molecule has 0 radical (unpaired) electrons. The highest BCUT2D eigenvalue weighted by Gasteiger charge is 2.05. The van der Waals surface area contributed by atoms with Crippen molar-refractivity contribution in [1.82, 2.24) is 4.98 Å². The summed E-state index contributed by atoms with van der Waals surface area (Å²) < 4.78 is 0. The maximum absolute atomic E-state index is 10.5. The second-order valence-electron chi connectivity index (χ2n) is 3.35. The Kier molecular flexibility index (Phi) is 2.59. The third-order valence-electron chi connectivity index (χ3n) is 2.23. The summed E-state index contributed by atoms with van der Waals surface area (Å²) in [4.78, 5) is 14.7. The van der Waals surface area contributed by atoms with E-state index in [0.29, 0.717) is 16.9 Å². The Bertz CT molecular complexity index is 540. The number of hydrogen-bond donors (Lipinski definition) is 3. The van der Waals surface area contributed by atoms with E-state index in [0.717, 1.165) is 5.39 Å². The molecule has 5 heteroatoms. The van der Waals surface area contributed by atoms with Crippen LogP contribution in [-0.2, 0) is 4.79 Å². The molecule has 0 fully saturated rings. The zero-order valence-corrected chi connectivity index (χ0v) is 8.47. The number of nitrogens with zero attached hydrogens (tertiary/aromatic N) is 1. The first-order valence-corrected chi connectivity index (χ1v) is 4.77. The van der Waals surface area contributed by atoms with Crippen LogP contribution in [0.25, 0.3) is 10.9 Å². The van der Waals surface area contributed by atoms with Crippen molar-refractivity contribution in [1.29, 1.82) is 0 Å². The van der Waals surface area contributed by atoms with Gasteiger partial charge in [0.1, 0.15) is 6.54 Å². The van der Waals surface area contributed by atoms with Gasteiger partial charge < -0.3 is 16.2 Å². The van der Waals surface area contributed by atoms with Crippen molar-refractivity contribution in [3.63, 3.8) is 0 Å². The third-order valence-corrected chi connectivity index (χ3v) is 2.23. The smallest absolute Gasteiger partial charge is 0.322 e. The van der Waals surface area contributed by atoms with Crippen LogP contribution in [0.4, 0.5) is 11.4 Å². The number of rotatable bonds is 3. The lowest BCUT2D eigenvalue weighted by atomic mass is 10.1. The summed E-state index contributed by atoms with van der Waals surface area (Å²) in [6.07, 6.45) is 1.65. The fourth-order valence-electron chi connectivity index (χ4n) is 1.51. The average Bonchev–Trinajstić information content (AvgIpc) is 2.28. The number of aliphatic carboxylic acids is 1. The predicted molar refractivity (Wildman–Crippen MR) is 62.3 cm³/mol. The van der Waals surface area contributed by atoms with Gasteiger partial charge in [0.15, 0.2) is 0 Å². The van der Waals surface area contributed by atoms with E-state index in [9.17, 15) is 4.79 Å². The molecule has 1 heterocycles. The van der Waals surface area contributed by atoms with Gasteiger partial charge in [-0.2, -0.15) is 0 Å². The summed E-state index contributed by atoms with van der Waals surface area (Å²) in [5.74, 6) is -0.916. The van der Waals surface area contributed by atoms with Crippen molar-refractivity contribution in [2.24, 2.45) is 0 Å². The molecule has 1 aromatic heterocycles. The third kappa shape index (κ3) is 1.88. The zero-order valence-electron chi connectivity index (χ0n) is 8.47. The van der Waals surface area contributed by atoms with Crippen LogP contribution < -0.4 is 11.1 Å². The number of nitrogen functional groups attached to an aromatic ring is 1. The number of nitrogens with one attached hydrogen (secondary N) is 1. The van der Waals surface area contributed by atoms with E-state index in [1.54, 1.807) is 24.4 Å². The average molecular weight is 217 g/mol. The van der Waals surface area contributed by atoms with Crippen LogP contribution in [0, 0.1) is 0 Å². The highest BCUT2D eigenvalue weighted by atomic mass is 16.4. The lowest BCUT2D eigenvalue weighted by Crippen LogP contribution is -2.12. The first-order valence-electron chi connectivity index (χ1n) is 4.77. The Labute approximate surface area is 91.9 Å². The second kappa shape index (κ2) is 4.06. The molecule has 5 nitrogen and oxygen atoms in total. The predicted octanol–water partition coefficient (Wildman–Crippen LogP) is 1.31. The van der Waals surface area contributed by atoms with Crippen LogP contribution in [0.3, 0.4) is 0 Å². The number of carbonyl (C=O) groups is 1. The van der Waals surface area contributed by atoms with Crippen molar-refractivity contribution in [2.75, 3.05) is 17.6 Å². The minimum absolute atomic E-state index is 0.143. The highest BCUT2D eigenvalue weighted by molar-refractivity contribution is 5.98. The monoisotopic (exact) mass is 217 g/mol. The Morgan fingerprint density at radius 1 is 1.44 bits per heavy atom. The SMILES string of the molecule is Nc1ccc(NCC(=O)O)c2ncccc12. The number of carboxylic acid groups (broad SMARTS) is 1. The lowest BCUT2D eigenvalue weighted by Gasteiger charge is -2.08. The maximum Gasteiger partial charge on any atom is 0.322 e. The number of nitrogens with two attached hydrogens (primary N) is 1. The van der Waals surface area contributed by atoms with Crippen molar-refractivity contribution in [2.45, 2.75) is 0 Å². The molecule has 0 bridgehead atoms. The van der Waals surface area contributed by atoms with Crippen LogP contribution in [0.1, 0.15) is 0 Å². The van der Waals surface area contributed by atoms with Crippen molar-refractivity contribution < 1.29 is 9.90 Å². The zero-order chi connectivity index (χ0) is 11.5. The van der Waals surface area contributed by atoms with Gasteiger partial charge in [0.25, 0.3) is 0 Å². The summed E-state index contributed by atoms with van der Waals surface area (Å²) in [5.41, 5.74) is 7.78. The largest absolute Gasteiger partial charge is 0.480 e. The molecule has 0 aliphatic heterocycles. The van der Waals surface area contributed by atoms with Gasteiger partial charge in [0.05, 0.1) is 11.2 Å². The Balaban J connectivity index is 2.46. The topological polar surface area (TPSA) is 88.2 Å². The molecule has 2 rings (SSSR count). The van der Waals surface area contributed by atoms with Gasteiger partial charge in [-0.05, 0) is 24.3 Å². The molecular formula is C11H11N3O2. The quantitative estimate of drug-likeness (QED) is 0.674. The molecule has 0 spiro atoms. The summed E-state index contributed by atoms with van der Waals surface area (Å²) in [6.45, 7) is -0.143. The normalized spacial score (nSPS) is 10.2. The van der Waals surface area contributed by atoms with E-state index in [1.807, 2.05) is 6.07 Å². The number of hydrogen-bond acceptors (Lipinski definition) is 4. The summed E-state index contributed by atoms with van der Waals surface area (Å²) in [6, 6.07) is 7.10. The fraction of sp³-hybridized carbons (Fsp3) is 0.0909. The molecule has 0 saturated heterocycles. The van der Waals surface area contributed by atoms with Gasteiger partial charge >= 0.3 is 5.97 Å². The van der Waals surface area contributed by atoms with E-state index >= 15 is 0 Å². The minimum atomic E-state index is -0.916. The summed E-state index contributed by atoms with van der Waals surface area (Å²) >= 11 is 0. The number of pyridine rings is 1. The Morgan fingerprint density at radius 2 is 2.25 bits per heavy atom. The number of fused-ring (bicyclic) bond motifs is 1. The van der Waals surface area contributed by atoms with E-state index in [-0.39, 0.29) is 6.54 Å². The first kappa shape index (κ1) is 10.2. The fourth-order valence-corrected chi connectivity index (χ4v) is 1.51. The summed E-state index contributed by atoms with van der Waals surface area (Å²) in [5, 5.41) is 12.2. The van der Waals surface area contributed by atoms with Crippen LogP contribution >= 0.6 is 0 Å². The Hall–Kier alpha value is -2.30. The minimum Gasteiger partial charge on any atom is -0.480 e. The van der Waals surface area contributed by atoms with Crippen molar-refractivity contribution in [3.8, 4) is 0 Å². The van der Waals surface area contributed by atoms with Gasteiger partial charge in [-0.3, -0.25) is 9.78 Å². The highest BCUT2D eigenvalue weighted by Crippen LogP contribution is 2.25. The lowest BCUT2D eigenvalue weighted by molar-refractivity contribution is -0.134. The first-order chi connectivity index (χ1) is 7.68. The molecule has 82 valence electrons. The number of carboxylic acids is 1. The number of anilines is 2. The standard InChI is InChI=1S/C11H11N3O2/c12-8-3-4-9(14-6-10(15)16)11-7(8)2-1-5-13-11/h1-5,14H,6,12H2,(H,15,16). The second-order valence-corrected chi connectivity index (χ2v) is 3.35. The molecule has 4 N–H and O–H groups in total. The molecule has 1 aromatic carbocycles. The number of benzene rings is 1. The van der Waals surface area contributed by atoms with Crippen LogP contribution in [0.5, 0.6) is 0 Å². The molecule has 2 aromatic rings. The molecule has 0 saturated carbocycles. The van der Waals surface area contributed by atoms with Crippen LogP contribution in [0.2, 0.25) is 0 Å². The van der Waals surface area contributed by atoms with Crippen LogP contribution in [0.15, 0.2) is 30.5 Å². The van der Waals surface area contributed by atoms with E-state index in [1.165, 1.54) is 0 Å². The van der Waals surface area contributed by atoms with Gasteiger partial charge in [0.2, 0.25) is 0 Å². The Morgan fingerprint density at radius 3 is 3.00 bits per heavy atom. The number of aromatic nitrogens is 1. The van der Waals surface area contributed by atoms with E-state index < -0.39 is 5.97 Å². The molecule has 16 heavy (non-hydrogen) atoms. The van der Waals surface area contributed by atoms with Gasteiger partial charge in [0, 0.05) is 17.3 Å². The maximum atomic E-state index is 10.5. The van der Waals surface area contributed by atoms with E-state index in [2.05, 4.69) is 10.3 Å². The molecular weight excluding hydrogens is 206 g/mol. The van der Waals surface area contributed by atoms with Gasteiger partial charge in [-0.25, -0.2) is 0 Å².